The minimum Gasteiger partial charge on any atom is -0.503 e. The van der Waals surface area contributed by atoms with Crippen LogP contribution < -0.4 is 4.90 Å². The van der Waals surface area contributed by atoms with Gasteiger partial charge in [0.25, 0.3) is 0 Å². The van der Waals surface area contributed by atoms with Gasteiger partial charge in [-0.3, -0.25) is 0 Å². The SMILES string of the molecule is Cn1nc(-c2cc(C(F)(F)F)c(F)c(O)c2F)c2cnc(N3CCN(S(C)(=O)=O)C[C@H]3CC3CCC3)nc21. The monoisotopic (exact) mass is 560 g/mol. The minimum atomic E-state index is -5.18. The van der Waals surface area contributed by atoms with Crippen molar-refractivity contribution in [2.75, 3.05) is 30.8 Å². The number of rotatable bonds is 5. The third-order valence-corrected chi connectivity index (χ3v) is 8.58. The Morgan fingerprint density at radius 1 is 1.16 bits per heavy atom. The molecule has 3 aromatic rings. The van der Waals surface area contributed by atoms with Crippen molar-refractivity contribution in [2.45, 2.75) is 37.9 Å². The normalized spacial score (nSPS) is 19.8. The summed E-state index contributed by atoms with van der Waals surface area (Å²) in [5.41, 5.74) is -2.69. The number of phenols is 1. The molecule has 1 aliphatic carbocycles. The zero-order valence-electron chi connectivity index (χ0n) is 20.5. The first-order valence-electron chi connectivity index (χ1n) is 12.0. The molecule has 1 saturated carbocycles. The van der Waals surface area contributed by atoms with Gasteiger partial charge in [0.1, 0.15) is 5.69 Å². The number of anilines is 1. The highest BCUT2D eigenvalue weighted by Crippen LogP contribution is 2.41. The molecule has 1 aliphatic heterocycles. The lowest BCUT2D eigenvalue weighted by Crippen LogP contribution is -2.55. The van der Waals surface area contributed by atoms with Crippen molar-refractivity contribution in [2.24, 2.45) is 13.0 Å². The molecule has 206 valence electrons. The molecule has 0 amide bonds. The zero-order chi connectivity index (χ0) is 27.6. The lowest BCUT2D eigenvalue weighted by molar-refractivity contribution is -0.140. The number of halogens is 5. The summed E-state index contributed by atoms with van der Waals surface area (Å²) in [5.74, 6) is -4.71. The fourth-order valence-corrected chi connectivity index (χ4v) is 5.93. The van der Waals surface area contributed by atoms with Crippen LogP contribution in [0, 0.1) is 17.6 Å². The molecule has 5 rings (SSSR count). The van der Waals surface area contributed by atoms with E-state index in [4.69, 9.17) is 0 Å². The maximum absolute atomic E-state index is 14.8. The highest BCUT2D eigenvalue weighted by molar-refractivity contribution is 7.88. The maximum atomic E-state index is 14.8. The molecule has 2 aromatic heterocycles. The van der Waals surface area contributed by atoms with Crippen LogP contribution in [0.2, 0.25) is 0 Å². The Hall–Kier alpha value is -3.07. The highest BCUT2D eigenvalue weighted by Gasteiger charge is 2.39. The molecule has 1 aromatic carbocycles. The third kappa shape index (κ3) is 4.65. The number of aromatic hydroxyl groups is 1. The lowest BCUT2D eigenvalue weighted by atomic mass is 9.80. The van der Waals surface area contributed by atoms with Gasteiger partial charge in [-0.25, -0.2) is 26.9 Å². The van der Waals surface area contributed by atoms with E-state index in [1.54, 1.807) is 0 Å². The summed E-state index contributed by atoms with van der Waals surface area (Å²) in [5, 5.41) is 13.9. The maximum Gasteiger partial charge on any atom is 0.419 e. The van der Waals surface area contributed by atoms with E-state index in [2.05, 4.69) is 15.1 Å². The number of piperazine rings is 1. The van der Waals surface area contributed by atoms with Crippen molar-refractivity contribution in [1.29, 1.82) is 0 Å². The summed E-state index contributed by atoms with van der Waals surface area (Å²) in [6, 6.07) is 0.0776. The Morgan fingerprint density at radius 2 is 1.87 bits per heavy atom. The van der Waals surface area contributed by atoms with Crippen molar-refractivity contribution < 1.29 is 35.5 Å². The van der Waals surface area contributed by atoms with E-state index in [0.717, 1.165) is 25.7 Å². The lowest BCUT2D eigenvalue weighted by Gasteiger charge is -2.43. The van der Waals surface area contributed by atoms with Gasteiger partial charge >= 0.3 is 6.18 Å². The first-order valence-corrected chi connectivity index (χ1v) is 13.8. The van der Waals surface area contributed by atoms with Crippen molar-refractivity contribution in [3.8, 4) is 17.0 Å². The number of hydrogen-bond donors (Lipinski definition) is 1. The number of phenolic OH excluding ortho intramolecular Hbond substituents is 1. The summed E-state index contributed by atoms with van der Waals surface area (Å²) < 4.78 is 95.7. The van der Waals surface area contributed by atoms with Crippen molar-refractivity contribution in [3.05, 3.63) is 29.5 Å². The van der Waals surface area contributed by atoms with Gasteiger partial charge in [-0.2, -0.15) is 27.6 Å². The van der Waals surface area contributed by atoms with E-state index in [-0.39, 0.29) is 47.9 Å². The van der Waals surface area contributed by atoms with Gasteiger partial charge in [0.2, 0.25) is 16.0 Å². The number of hydrogen-bond acceptors (Lipinski definition) is 7. The summed E-state index contributed by atoms with van der Waals surface area (Å²) >= 11 is 0. The molecule has 0 unspecified atom stereocenters. The van der Waals surface area contributed by atoms with Crippen LogP contribution in [0.5, 0.6) is 5.75 Å². The number of sulfonamides is 1. The smallest absolute Gasteiger partial charge is 0.419 e. The van der Waals surface area contributed by atoms with E-state index >= 15 is 0 Å². The third-order valence-electron chi connectivity index (χ3n) is 7.31. The van der Waals surface area contributed by atoms with Gasteiger partial charge in [0.15, 0.2) is 23.0 Å². The Bertz CT molecular complexity index is 1510. The van der Waals surface area contributed by atoms with E-state index < -0.39 is 44.7 Å². The fraction of sp³-hybridized carbons (Fsp3) is 0.522. The summed E-state index contributed by atoms with van der Waals surface area (Å²) in [4.78, 5) is 10.8. The molecule has 1 saturated heterocycles. The molecule has 2 fully saturated rings. The van der Waals surface area contributed by atoms with Crippen molar-refractivity contribution >= 4 is 27.0 Å². The molecule has 1 N–H and O–H groups in total. The predicted octanol–water partition coefficient (Wildman–Crippen LogP) is 3.67. The molecule has 0 radical (unpaired) electrons. The van der Waals surface area contributed by atoms with Gasteiger partial charge < -0.3 is 10.0 Å². The van der Waals surface area contributed by atoms with E-state index in [9.17, 15) is 35.5 Å². The van der Waals surface area contributed by atoms with E-state index in [1.165, 1.54) is 28.5 Å². The van der Waals surface area contributed by atoms with Crippen LogP contribution in [0.1, 0.15) is 31.2 Å². The second-order valence-electron chi connectivity index (χ2n) is 9.83. The van der Waals surface area contributed by atoms with Crippen LogP contribution in [0.15, 0.2) is 12.3 Å². The quantitative estimate of drug-likeness (QED) is 0.475. The molecule has 15 heteroatoms. The molecule has 9 nitrogen and oxygen atoms in total. The Labute approximate surface area is 214 Å². The topological polar surface area (TPSA) is 104 Å². The standard InChI is InChI=1S/C23H25F5N6O3S/c1-32-21-15(19(31-32)14-9-16(23(26,27)28)18(25)20(35)17(14)24)10-29-22(30-21)34-7-6-33(38(2,36)37)11-13(34)8-12-4-3-5-12/h9-10,12-13,35H,3-8,11H2,1-2H3/t13-/m1/s1. The van der Waals surface area contributed by atoms with Crippen LogP contribution >= 0.6 is 0 Å². The average Bonchev–Trinajstić information content (AvgIpc) is 3.14. The van der Waals surface area contributed by atoms with Crippen molar-refractivity contribution in [1.82, 2.24) is 24.1 Å². The van der Waals surface area contributed by atoms with Crippen LogP contribution in [0.4, 0.5) is 27.9 Å². The molecule has 0 spiro atoms. The van der Waals surface area contributed by atoms with Crippen LogP contribution in [-0.2, 0) is 23.2 Å². The molecular formula is C23H25F5N6O3S. The van der Waals surface area contributed by atoms with E-state index in [0.29, 0.717) is 12.5 Å². The average molecular weight is 561 g/mol. The molecule has 0 bridgehead atoms. The second-order valence-corrected chi connectivity index (χ2v) is 11.8. The van der Waals surface area contributed by atoms with Crippen molar-refractivity contribution in [3.63, 3.8) is 0 Å². The number of fused-ring (bicyclic) bond motifs is 1. The number of nitrogens with zero attached hydrogens (tertiary/aromatic N) is 6. The van der Waals surface area contributed by atoms with Crippen LogP contribution in [-0.4, -0.2) is 69.5 Å². The summed E-state index contributed by atoms with van der Waals surface area (Å²) in [6.07, 6.45) is 1.27. The second kappa shape index (κ2) is 9.29. The van der Waals surface area contributed by atoms with Crippen LogP contribution in [0.25, 0.3) is 22.3 Å². The molecule has 3 heterocycles. The summed E-state index contributed by atoms with van der Waals surface area (Å²) in [6.45, 7) is 0.835. The van der Waals surface area contributed by atoms with Gasteiger partial charge in [-0.1, -0.05) is 19.3 Å². The number of aromatic nitrogens is 4. The number of aryl methyl sites for hydroxylation is 1. The molecule has 1 atom stereocenters. The zero-order valence-corrected chi connectivity index (χ0v) is 21.3. The first-order chi connectivity index (χ1) is 17.8. The summed E-state index contributed by atoms with van der Waals surface area (Å²) in [7, 11) is -1.93. The Balaban J connectivity index is 1.55. The molecule has 38 heavy (non-hydrogen) atoms. The number of benzene rings is 1. The van der Waals surface area contributed by atoms with Gasteiger partial charge in [0, 0.05) is 44.5 Å². The highest BCUT2D eigenvalue weighted by atomic mass is 32.2. The van der Waals surface area contributed by atoms with Gasteiger partial charge in [-0.15, -0.1) is 0 Å². The largest absolute Gasteiger partial charge is 0.503 e. The first kappa shape index (κ1) is 26.5. The van der Waals surface area contributed by atoms with E-state index in [1.807, 2.05) is 4.90 Å². The molecule has 2 aliphatic rings. The Morgan fingerprint density at radius 3 is 2.47 bits per heavy atom. The Kier molecular flexibility index (Phi) is 6.49. The minimum absolute atomic E-state index is 0.0968. The van der Waals surface area contributed by atoms with Gasteiger partial charge in [0.05, 0.1) is 17.2 Å². The van der Waals surface area contributed by atoms with Crippen LogP contribution in [0.3, 0.4) is 0 Å². The molecular weight excluding hydrogens is 535 g/mol. The fourth-order valence-electron chi connectivity index (χ4n) is 5.07. The predicted molar refractivity (Wildman–Crippen MR) is 128 cm³/mol. The van der Waals surface area contributed by atoms with Gasteiger partial charge in [-0.05, 0) is 18.4 Å². The number of alkyl halides is 3.